The van der Waals surface area contributed by atoms with Gasteiger partial charge in [-0.05, 0) is 19.8 Å². The van der Waals surface area contributed by atoms with E-state index in [1.165, 1.54) is 5.56 Å². The van der Waals surface area contributed by atoms with Crippen LogP contribution in [0.2, 0.25) is 0 Å². The van der Waals surface area contributed by atoms with Gasteiger partial charge in [0.25, 0.3) is 0 Å². The van der Waals surface area contributed by atoms with Gasteiger partial charge in [-0.15, -0.1) is 35.3 Å². The van der Waals surface area contributed by atoms with Crippen molar-refractivity contribution in [2.24, 2.45) is 4.99 Å². The Labute approximate surface area is 170 Å². The molecule has 8 heteroatoms. The molecule has 0 spiro atoms. The number of hydrogen-bond donors (Lipinski definition) is 2. The number of rotatable bonds is 6. The number of nitrogens with zero attached hydrogens (tertiary/aromatic N) is 3. The summed E-state index contributed by atoms with van der Waals surface area (Å²) in [5, 5.41) is 13.9. The predicted molar refractivity (Wildman–Crippen MR) is 114 cm³/mol. The minimum atomic E-state index is 0. The van der Waals surface area contributed by atoms with Gasteiger partial charge in [-0.3, -0.25) is 4.99 Å². The summed E-state index contributed by atoms with van der Waals surface area (Å²) in [6.07, 6.45) is 0. The monoisotopic (exact) mass is 477 g/mol. The third-order valence-corrected chi connectivity index (χ3v) is 4.82. The van der Waals surface area contributed by atoms with E-state index in [4.69, 9.17) is 4.52 Å². The van der Waals surface area contributed by atoms with Crippen molar-refractivity contribution >= 4 is 41.3 Å². The van der Waals surface area contributed by atoms with E-state index in [0.717, 1.165) is 34.7 Å². The van der Waals surface area contributed by atoms with Gasteiger partial charge in [0.05, 0.1) is 17.9 Å². The van der Waals surface area contributed by atoms with Gasteiger partial charge in [-0.2, -0.15) is 0 Å². The number of halogens is 1. The molecular formula is C17H28IN5OS. The Balaban J connectivity index is 0.00000312. The van der Waals surface area contributed by atoms with Crippen LogP contribution in [0, 0.1) is 13.8 Å². The van der Waals surface area contributed by atoms with Crippen LogP contribution >= 0.6 is 35.3 Å². The van der Waals surface area contributed by atoms with Crippen molar-refractivity contribution in [2.75, 3.05) is 13.6 Å². The Bertz CT molecular complexity index is 676. The third kappa shape index (κ3) is 5.95. The molecule has 0 aliphatic heterocycles. The largest absolute Gasteiger partial charge is 0.361 e. The molecular weight excluding hydrogens is 449 g/mol. The van der Waals surface area contributed by atoms with E-state index in [1.807, 2.05) is 13.8 Å². The molecule has 0 fully saturated rings. The van der Waals surface area contributed by atoms with E-state index in [2.05, 4.69) is 51.9 Å². The molecule has 0 amide bonds. The number of hydrogen-bond acceptors (Lipinski definition) is 5. The molecule has 1 atom stereocenters. The molecule has 2 aromatic heterocycles. The first-order valence-corrected chi connectivity index (χ1v) is 9.11. The second-order valence-electron chi connectivity index (χ2n) is 6.27. The second-order valence-corrected chi connectivity index (χ2v) is 7.21. The maximum atomic E-state index is 5.25. The standard InChI is InChI=1S/C17H27N5OS.HI/c1-10(2)14-9-24-15(21-14)8-20-17(18-6)19-7-11(3)16-12(4)22-23-13(16)5;/h9-11H,7-8H2,1-6H3,(H2,18,19,20);1H. The summed E-state index contributed by atoms with van der Waals surface area (Å²) in [7, 11) is 1.78. The normalized spacial score (nSPS) is 12.8. The van der Waals surface area contributed by atoms with Crippen LogP contribution in [-0.4, -0.2) is 29.7 Å². The van der Waals surface area contributed by atoms with Gasteiger partial charge in [0.2, 0.25) is 0 Å². The molecule has 0 radical (unpaired) electrons. The van der Waals surface area contributed by atoms with Gasteiger partial charge in [0.15, 0.2) is 5.96 Å². The highest BCUT2D eigenvalue weighted by molar-refractivity contribution is 14.0. The van der Waals surface area contributed by atoms with E-state index < -0.39 is 0 Å². The van der Waals surface area contributed by atoms with Crippen molar-refractivity contribution in [3.05, 3.63) is 33.1 Å². The molecule has 2 aromatic rings. The Morgan fingerprint density at radius 1 is 1.28 bits per heavy atom. The average Bonchev–Trinajstić information content (AvgIpc) is 3.14. The first-order chi connectivity index (χ1) is 11.4. The van der Waals surface area contributed by atoms with Crippen molar-refractivity contribution in [2.45, 2.75) is 53.0 Å². The van der Waals surface area contributed by atoms with E-state index in [9.17, 15) is 0 Å². The Kier molecular flexibility index (Phi) is 8.84. The number of aryl methyl sites for hydroxylation is 2. The molecule has 2 rings (SSSR count). The quantitative estimate of drug-likeness (QED) is 0.374. The van der Waals surface area contributed by atoms with Crippen LogP contribution < -0.4 is 10.6 Å². The lowest BCUT2D eigenvalue weighted by atomic mass is 10.00. The summed E-state index contributed by atoms with van der Waals surface area (Å²) in [6.45, 7) is 11.8. The van der Waals surface area contributed by atoms with Gasteiger partial charge in [0.1, 0.15) is 10.8 Å². The smallest absolute Gasteiger partial charge is 0.191 e. The average molecular weight is 477 g/mol. The van der Waals surface area contributed by atoms with Crippen molar-refractivity contribution in [3.63, 3.8) is 0 Å². The third-order valence-electron chi connectivity index (χ3n) is 3.95. The molecule has 1 unspecified atom stereocenters. The zero-order chi connectivity index (χ0) is 17.7. The number of guanidine groups is 1. The highest BCUT2D eigenvalue weighted by Gasteiger charge is 2.16. The van der Waals surface area contributed by atoms with Crippen molar-refractivity contribution in [3.8, 4) is 0 Å². The van der Waals surface area contributed by atoms with Crippen molar-refractivity contribution in [1.82, 2.24) is 20.8 Å². The highest BCUT2D eigenvalue weighted by Crippen LogP contribution is 2.22. The zero-order valence-corrected chi connectivity index (χ0v) is 18.9. The summed E-state index contributed by atoms with van der Waals surface area (Å²) >= 11 is 1.68. The van der Waals surface area contributed by atoms with Gasteiger partial charge >= 0.3 is 0 Å². The minimum absolute atomic E-state index is 0. The number of aliphatic imine (C=N–C) groups is 1. The lowest BCUT2D eigenvalue weighted by molar-refractivity contribution is 0.391. The van der Waals surface area contributed by atoms with Gasteiger partial charge in [-0.25, -0.2) is 4.98 Å². The first-order valence-electron chi connectivity index (χ1n) is 8.24. The Morgan fingerprint density at radius 3 is 2.52 bits per heavy atom. The summed E-state index contributed by atoms with van der Waals surface area (Å²) in [4.78, 5) is 8.90. The molecule has 6 nitrogen and oxygen atoms in total. The molecule has 2 N–H and O–H groups in total. The summed E-state index contributed by atoms with van der Waals surface area (Å²) in [5.41, 5.74) is 3.26. The van der Waals surface area contributed by atoms with Crippen LogP contribution in [0.25, 0.3) is 0 Å². The molecule has 0 aliphatic rings. The van der Waals surface area contributed by atoms with E-state index in [-0.39, 0.29) is 24.0 Å². The van der Waals surface area contributed by atoms with Crippen molar-refractivity contribution in [1.29, 1.82) is 0 Å². The van der Waals surface area contributed by atoms with Crippen LogP contribution in [0.1, 0.15) is 60.3 Å². The highest BCUT2D eigenvalue weighted by atomic mass is 127. The molecule has 140 valence electrons. The first kappa shape index (κ1) is 21.9. The van der Waals surface area contributed by atoms with Crippen LogP contribution in [-0.2, 0) is 6.54 Å². The fourth-order valence-electron chi connectivity index (χ4n) is 2.60. The lowest BCUT2D eigenvalue weighted by Crippen LogP contribution is -2.38. The van der Waals surface area contributed by atoms with Crippen molar-refractivity contribution < 1.29 is 4.52 Å². The molecule has 0 aromatic carbocycles. The predicted octanol–water partition coefficient (Wildman–Crippen LogP) is 3.96. The maximum absolute atomic E-state index is 5.25. The molecule has 0 aliphatic carbocycles. The van der Waals surface area contributed by atoms with Gasteiger partial charge in [0, 0.05) is 30.5 Å². The molecule has 0 bridgehead atoms. The number of aromatic nitrogens is 2. The fourth-order valence-corrected chi connectivity index (χ4v) is 3.49. The molecule has 2 heterocycles. The van der Waals surface area contributed by atoms with Gasteiger partial charge < -0.3 is 15.2 Å². The number of thiazole rings is 1. The second kappa shape index (κ2) is 10.1. The number of nitrogens with one attached hydrogen (secondary N) is 2. The Morgan fingerprint density at radius 2 is 2.00 bits per heavy atom. The minimum Gasteiger partial charge on any atom is -0.361 e. The van der Waals surface area contributed by atoms with Crippen LogP contribution in [0.4, 0.5) is 0 Å². The summed E-state index contributed by atoms with van der Waals surface area (Å²) in [6, 6.07) is 0. The maximum Gasteiger partial charge on any atom is 0.191 e. The van der Waals surface area contributed by atoms with Crippen LogP contribution in [0.15, 0.2) is 14.9 Å². The lowest BCUT2D eigenvalue weighted by Gasteiger charge is -2.15. The molecule has 0 saturated carbocycles. The van der Waals surface area contributed by atoms with E-state index in [1.54, 1.807) is 18.4 Å². The van der Waals surface area contributed by atoms with E-state index >= 15 is 0 Å². The Hall–Kier alpha value is -1.16. The van der Waals surface area contributed by atoms with Crippen LogP contribution in [0.5, 0.6) is 0 Å². The zero-order valence-electron chi connectivity index (χ0n) is 15.7. The van der Waals surface area contributed by atoms with Gasteiger partial charge in [-0.1, -0.05) is 25.9 Å². The topological polar surface area (TPSA) is 75.3 Å². The fraction of sp³-hybridized carbons (Fsp3) is 0.588. The molecule has 0 saturated heterocycles. The molecule has 25 heavy (non-hydrogen) atoms. The van der Waals surface area contributed by atoms with Crippen LogP contribution in [0.3, 0.4) is 0 Å². The summed E-state index contributed by atoms with van der Waals surface area (Å²) < 4.78 is 5.25. The SMILES string of the molecule is CN=C(NCc1nc(C(C)C)cs1)NCC(C)c1c(C)noc1C.I. The summed E-state index contributed by atoms with van der Waals surface area (Å²) in [5.74, 6) is 2.41. The van der Waals surface area contributed by atoms with E-state index in [0.29, 0.717) is 18.4 Å².